The molecular weight excluding hydrogens is 451 g/mol. The van der Waals surface area contributed by atoms with Crippen LogP contribution in [-0.4, -0.2) is 55.1 Å². The van der Waals surface area contributed by atoms with Crippen molar-refractivity contribution in [3.05, 3.63) is 46.4 Å². The van der Waals surface area contributed by atoms with Gasteiger partial charge in [-0.1, -0.05) is 0 Å². The molecule has 0 amide bonds. The molecule has 4 rings (SSSR count). The minimum absolute atomic E-state index is 0.237. The number of halogens is 1. The van der Waals surface area contributed by atoms with E-state index in [9.17, 15) is 9.18 Å². The van der Waals surface area contributed by atoms with Crippen molar-refractivity contribution in [1.29, 1.82) is 0 Å². The summed E-state index contributed by atoms with van der Waals surface area (Å²) < 4.78 is 26.5. The van der Waals surface area contributed by atoms with Crippen molar-refractivity contribution in [2.75, 3.05) is 13.1 Å². The fourth-order valence-electron chi connectivity index (χ4n) is 3.34. The maximum Gasteiger partial charge on any atom is 0.528 e. The topological polar surface area (TPSA) is 104 Å². The van der Waals surface area contributed by atoms with Gasteiger partial charge in [-0.3, -0.25) is 0 Å². The highest BCUT2D eigenvalue weighted by Gasteiger charge is 2.27. The first kappa shape index (κ1) is 23.1. The quantitative estimate of drug-likeness (QED) is 0.490. The van der Waals surface area contributed by atoms with Crippen LogP contribution in [0.15, 0.2) is 29.9 Å². The first-order valence-electron chi connectivity index (χ1n) is 10.5. The number of piperidine rings is 1. The van der Waals surface area contributed by atoms with Crippen LogP contribution in [-0.2, 0) is 16.2 Å². The number of hydrogen-bond donors (Lipinski definition) is 0. The minimum Gasteiger partial charge on any atom is -0.487 e. The van der Waals surface area contributed by atoms with Gasteiger partial charge in [0.1, 0.15) is 30.0 Å². The molecule has 1 saturated heterocycles. The van der Waals surface area contributed by atoms with Crippen molar-refractivity contribution in [1.82, 2.24) is 30.3 Å². The highest BCUT2D eigenvalue weighted by atomic mass is 32.1. The molecule has 1 aromatic carbocycles. The zero-order valence-corrected chi connectivity index (χ0v) is 19.4. The van der Waals surface area contributed by atoms with Crippen LogP contribution in [0.5, 0.6) is 5.75 Å². The standard InChI is InChI=1S/C21H25FN6O4S/c1-21(2,3)31-20(29)32-27-8-6-14(7-9-27)19-24-15(12-33-19)11-30-16-4-5-18(17(22)10-16)28-13-23-25-26-28/h4-5,10,12-14H,6-9,11H2,1-3H3. The van der Waals surface area contributed by atoms with E-state index < -0.39 is 17.6 Å². The molecule has 1 aliphatic rings. The Labute approximate surface area is 194 Å². The number of hydrogen-bond acceptors (Lipinski definition) is 10. The van der Waals surface area contributed by atoms with E-state index in [0.29, 0.717) is 18.8 Å². The Balaban J connectivity index is 1.26. The number of aromatic nitrogens is 5. The van der Waals surface area contributed by atoms with Gasteiger partial charge in [-0.2, -0.15) is 4.68 Å². The lowest BCUT2D eigenvalue weighted by Gasteiger charge is -2.30. The van der Waals surface area contributed by atoms with Crippen molar-refractivity contribution in [3.63, 3.8) is 0 Å². The summed E-state index contributed by atoms with van der Waals surface area (Å²) >= 11 is 1.58. The molecular formula is C21H25FN6O4S. The lowest BCUT2D eigenvalue weighted by molar-refractivity contribution is -0.152. The number of benzene rings is 1. The van der Waals surface area contributed by atoms with Gasteiger partial charge >= 0.3 is 6.16 Å². The number of carbonyl (C=O) groups is 1. The van der Waals surface area contributed by atoms with Crippen LogP contribution in [0.2, 0.25) is 0 Å². The van der Waals surface area contributed by atoms with Crippen LogP contribution in [0.25, 0.3) is 5.69 Å². The molecule has 0 bridgehead atoms. The monoisotopic (exact) mass is 476 g/mol. The number of carbonyl (C=O) groups excluding carboxylic acids is 1. The van der Waals surface area contributed by atoms with E-state index in [4.69, 9.17) is 14.3 Å². The molecule has 3 heterocycles. The van der Waals surface area contributed by atoms with Crippen molar-refractivity contribution in [3.8, 4) is 11.4 Å². The van der Waals surface area contributed by atoms with Gasteiger partial charge in [-0.05, 0) is 56.2 Å². The maximum atomic E-state index is 14.3. The van der Waals surface area contributed by atoms with Gasteiger partial charge in [0.2, 0.25) is 0 Å². The Kier molecular flexibility index (Phi) is 6.84. The van der Waals surface area contributed by atoms with Crippen molar-refractivity contribution < 1.29 is 23.5 Å². The summed E-state index contributed by atoms with van der Waals surface area (Å²) in [6.07, 6.45) is 2.28. The molecule has 0 radical (unpaired) electrons. The fourth-order valence-corrected chi connectivity index (χ4v) is 4.31. The van der Waals surface area contributed by atoms with E-state index in [0.717, 1.165) is 23.5 Å². The number of ether oxygens (including phenoxy) is 2. The fraction of sp³-hybridized carbons (Fsp3) is 0.476. The second kappa shape index (κ2) is 9.79. The van der Waals surface area contributed by atoms with Gasteiger partial charge in [-0.15, -0.1) is 21.5 Å². The van der Waals surface area contributed by atoms with Gasteiger partial charge in [0.25, 0.3) is 0 Å². The number of thiazole rings is 1. The number of rotatable bonds is 6. The van der Waals surface area contributed by atoms with E-state index in [1.807, 2.05) is 5.38 Å². The smallest absolute Gasteiger partial charge is 0.487 e. The van der Waals surface area contributed by atoms with Gasteiger partial charge in [-0.25, -0.2) is 14.2 Å². The Morgan fingerprint density at radius 3 is 2.73 bits per heavy atom. The average Bonchev–Trinajstić information content (AvgIpc) is 3.44. The molecule has 0 aliphatic carbocycles. The first-order valence-corrected chi connectivity index (χ1v) is 11.4. The summed E-state index contributed by atoms with van der Waals surface area (Å²) in [5, 5.41) is 15.3. The second-order valence-electron chi connectivity index (χ2n) is 8.59. The molecule has 12 heteroatoms. The van der Waals surface area contributed by atoms with Crippen molar-refractivity contribution in [2.24, 2.45) is 0 Å². The molecule has 3 aromatic rings. The molecule has 2 aromatic heterocycles. The van der Waals surface area contributed by atoms with Gasteiger partial charge in [0, 0.05) is 30.5 Å². The van der Waals surface area contributed by atoms with Crippen molar-refractivity contribution >= 4 is 17.5 Å². The molecule has 10 nitrogen and oxygen atoms in total. The average molecular weight is 477 g/mol. The van der Waals surface area contributed by atoms with E-state index >= 15 is 0 Å². The van der Waals surface area contributed by atoms with E-state index in [2.05, 4.69) is 20.5 Å². The molecule has 176 valence electrons. The summed E-state index contributed by atoms with van der Waals surface area (Å²) in [5.41, 5.74) is 0.440. The van der Waals surface area contributed by atoms with Crippen LogP contribution >= 0.6 is 11.3 Å². The highest BCUT2D eigenvalue weighted by molar-refractivity contribution is 7.09. The third-order valence-electron chi connectivity index (χ3n) is 4.87. The van der Waals surface area contributed by atoms with E-state index in [-0.39, 0.29) is 18.2 Å². The van der Waals surface area contributed by atoms with Crippen LogP contribution in [0.4, 0.5) is 9.18 Å². The Morgan fingerprint density at radius 2 is 2.06 bits per heavy atom. The lowest BCUT2D eigenvalue weighted by Crippen LogP contribution is -2.37. The summed E-state index contributed by atoms with van der Waals surface area (Å²) in [7, 11) is 0. The maximum absolute atomic E-state index is 14.3. The van der Waals surface area contributed by atoms with E-state index in [1.165, 1.54) is 17.1 Å². The molecule has 0 spiro atoms. The molecule has 1 aliphatic heterocycles. The van der Waals surface area contributed by atoms with Gasteiger partial charge < -0.3 is 14.3 Å². The molecule has 0 atom stereocenters. The first-order chi connectivity index (χ1) is 15.8. The zero-order chi connectivity index (χ0) is 23.4. The van der Waals surface area contributed by atoms with Gasteiger partial charge in [0.05, 0.1) is 10.7 Å². The SMILES string of the molecule is CC(C)(C)OC(=O)ON1CCC(c2nc(COc3ccc(-n4cnnn4)c(F)c3)cs2)CC1. The molecule has 0 unspecified atom stereocenters. The predicted octanol–water partition coefficient (Wildman–Crippen LogP) is 3.88. The summed E-state index contributed by atoms with van der Waals surface area (Å²) in [4.78, 5) is 21.8. The summed E-state index contributed by atoms with van der Waals surface area (Å²) in [6, 6.07) is 4.51. The Bertz CT molecular complexity index is 1080. The predicted molar refractivity (Wildman–Crippen MR) is 116 cm³/mol. The zero-order valence-electron chi connectivity index (χ0n) is 18.6. The molecule has 33 heavy (non-hydrogen) atoms. The van der Waals surface area contributed by atoms with Crippen LogP contribution in [0, 0.1) is 5.82 Å². The third-order valence-corrected chi connectivity index (χ3v) is 5.92. The molecule has 0 saturated carbocycles. The second-order valence-corrected chi connectivity index (χ2v) is 9.48. The van der Waals surface area contributed by atoms with Crippen LogP contribution in [0.1, 0.15) is 50.2 Å². The van der Waals surface area contributed by atoms with Crippen molar-refractivity contribution in [2.45, 2.75) is 51.7 Å². The minimum atomic E-state index is -0.683. The highest BCUT2D eigenvalue weighted by Crippen LogP contribution is 2.31. The molecule has 0 N–H and O–H groups in total. The van der Waals surface area contributed by atoms with Crippen LogP contribution < -0.4 is 4.74 Å². The summed E-state index contributed by atoms with van der Waals surface area (Å²) in [5.74, 6) is 0.195. The Hall–Kier alpha value is -3.12. The number of hydroxylamine groups is 2. The van der Waals surface area contributed by atoms with Gasteiger partial charge in [0.15, 0.2) is 5.82 Å². The largest absolute Gasteiger partial charge is 0.528 e. The summed E-state index contributed by atoms with van der Waals surface area (Å²) in [6.45, 7) is 6.86. The Morgan fingerprint density at radius 1 is 1.27 bits per heavy atom. The van der Waals surface area contributed by atoms with Crippen LogP contribution in [0.3, 0.4) is 0 Å². The van der Waals surface area contributed by atoms with E-state index in [1.54, 1.807) is 49.3 Å². The third kappa shape index (κ3) is 6.23. The number of tetrazole rings is 1. The molecule has 1 fully saturated rings. The lowest BCUT2D eigenvalue weighted by atomic mass is 9.99. The normalized spacial score (nSPS) is 15.4. The number of nitrogens with zero attached hydrogens (tertiary/aromatic N) is 6.